The number of piperidine rings is 1. The van der Waals surface area contributed by atoms with Gasteiger partial charge in [-0.25, -0.2) is 8.42 Å². The number of hydrogen-bond donors (Lipinski definition) is 1. The van der Waals surface area contributed by atoms with Crippen LogP contribution in [-0.2, 0) is 14.6 Å². The molecule has 1 aromatic carbocycles. The Balaban J connectivity index is 2.11. The topological polar surface area (TPSA) is 102 Å². The van der Waals surface area contributed by atoms with Crippen molar-refractivity contribution in [3.8, 4) is 11.5 Å². The first-order valence-electron chi connectivity index (χ1n) is 10.2. The zero-order valence-corrected chi connectivity index (χ0v) is 19.1. The average Bonchev–Trinajstić information content (AvgIpc) is 2.76. The first kappa shape index (κ1) is 24.0. The molecule has 2 rings (SSSR count). The largest absolute Gasteiger partial charge is 0.497 e. The van der Waals surface area contributed by atoms with E-state index in [1.807, 2.05) is 13.8 Å². The number of rotatable bonds is 8. The fourth-order valence-corrected chi connectivity index (χ4v) is 4.94. The summed E-state index contributed by atoms with van der Waals surface area (Å²) in [5.41, 5.74) is 0.331. The minimum Gasteiger partial charge on any atom is -0.497 e. The van der Waals surface area contributed by atoms with Crippen molar-refractivity contribution < 1.29 is 27.5 Å². The van der Waals surface area contributed by atoms with Gasteiger partial charge in [0.15, 0.2) is 9.84 Å². The SMILES string of the molecule is CCS(=O)(=O)C1CCN(C(=O)[C@@H](NC(=O)c2cc(OC)cc(OC)c2)C(C)C)CC1. The van der Waals surface area contributed by atoms with Gasteiger partial charge < -0.3 is 19.7 Å². The Bertz CT molecular complexity index is 838. The first-order valence-corrected chi connectivity index (χ1v) is 11.9. The van der Waals surface area contributed by atoms with Gasteiger partial charge in [0, 0.05) is 30.5 Å². The second kappa shape index (κ2) is 10.1. The van der Waals surface area contributed by atoms with E-state index in [1.54, 1.807) is 30.0 Å². The lowest BCUT2D eigenvalue weighted by atomic mass is 10.0. The summed E-state index contributed by atoms with van der Waals surface area (Å²) in [6, 6.07) is 4.12. The van der Waals surface area contributed by atoms with Crippen molar-refractivity contribution in [3.63, 3.8) is 0 Å². The highest BCUT2D eigenvalue weighted by Gasteiger charge is 2.34. The Kier molecular flexibility index (Phi) is 8.11. The maximum absolute atomic E-state index is 13.1. The fraction of sp³-hybridized carbons (Fsp3) is 0.619. The van der Waals surface area contributed by atoms with Gasteiger partial charge in [0.1, 0.15) is 17.5 Å². The Morgan fingerprint density at radius 3 is 2.07 bits per heavy atom. The number of ether oxygens (including phenoxy) is 2. The number of benzene rings is 1. The summed E-state index contributed by atoms with van der Waals surface area (Å²) in [5.74, 6) is 0.340. The molecular formula is C21H32N2O6S. The van der Waals surface area contributed by atoms with Crippen LogP contribution >= 0.6 is 0 Å². The van der Waals surface area contributed by atoms with Crippen molar-refractivity contribution in [2.45, 2.75) is 44.9 Å². The monoisotopic (exact) mass is 440 g/mol. The quantitative estimate of drug-likeness (QED) is 0.662. The molecule has 1 saturated heterocycles. The van der Waals surface area contributed by atoms with E-state index in [-0.39, 0.29) is 17.6 Å². The summed E-state index contributed by atoms with van der Waals surface area (Å²) in [7, 11) is -0.108. The van der Waals surface area contributed by atoms with Crippen molar-refractivity contribution >= 4 is 21.7 Å². The van der Waals surface area contributed by atoms with Crippen LogP contribution in [0.4, 0.5) is 0 Å². The number of nitrogens with zero attached hydrogens (tertiary/aromatic N) is 1. The molecule has 9 heteroatoms. The molecule has 1 aliphatic rings. The van der Waals surface area contributed by atoms with Crippen molar-refractivity contribution in [3.05, 3.63) is 23.8 Å². The van der Waals surface area contributed by atoms with E-state index in [2.05, 4.69) is 5.32 Å². The van der Waals surface area contributed by atoms with Gasteiger partial charge in [-0.2, -0.15) is 0 Å². The molecule has 1 aromatic rings. The average molecular weight is 441 g/mol. The molecule has 0 bridgehead atoms. The zero-order chi connectivity index (χ0) is 22.5. The van der Waals surface area contributed by atoms with Crippen LogP contribution in [0.3, 0.4) is 0 Å². The summed E-state index contributed by atoms with van der Waals surface area (Å²) in [4.78, 5) is 27.6. The molecule has 1 aliphatic heterocycles. The third-order valence-corrected chi connectivity index (χ3v) is 7.79. The standard InChI is InChI=1S/C21H32N2O6S/c1-6-30(26,27)18-7-9-23(10-8-18)21(25)19(14(2)3)22-20(24)15-11-16(28-4)13-17(12-15)29-5/h11-14,18-19H,6-10H2,1-5H3,(H,22,24)/t19-/m0/s1. The highest BCUT2D eigenvalue weighted by atomic mass is 32.2. The highest BCUT2D eigenvalue weighted by molar-refractivity contribution is 7.92. The van der Waals surface area contributed by atoms with Crippen molar-refractivity contribution in [2.24, 2.45) is 5.92 Å². The minimum absolute atomic E-state index is 0.111. The summed E-state index contributed by atoms with van der Waals surface area (Å²) in [6.07, 6.45) is 0.849. The number of nitrogens with one attached hydrogen (secondary N) is 1. The maximum Gasteiger partial charge on any atom is 0.252 e. The number of carbonyl (C=O) groups is 2. The van der Waals surface area contributed by atoms with E-state index >= 15 is 0 Å². The van der Waals surface area contributed by atoms with E-state index in [4.69, 9.17) is 9.47 Å². The third-order valence-electron chi connectivity index (χ3n) is 5.50. The second-order valence-corrected chi connectivity index (χ2v) is 10.3. The molecular weight excluding hydrogens is 408 g/mol. The molecule has 1 atom stereocenters. The van der Waals surface area contributed by atoms with Gasteiger partial charge in [0.05, 0.1) is 19.5 Å². The van der Waals surface area contributed by atoms with E-state index in [0.29, 0.717) is 43.0 Å². The second-order valence-electron chi connectivity index (χ2n) is 7.77. The van der Waals surface area contributed by atoms with Crippen molar-refractivity contribution in [1.29, 1.82) is 0 Å². The van der Waals surface area contributed by atoms with Gasteiger partial charge in [-0.15, -0.1) is 0 Å². The Morgan fingerprint density at radius 2 is 1.63 bits per heavy atom. The molecule has 1 N–H and O–H groups in total. The van der Waals surface area contributed by atoms with Gasteiger partial charge in [0.25, 0.3) is 5.91 Å². The van der Waals surface area contributed by atoms with Gasteiger partial charge in [-0.1, -0.05) is 20.8 Å². The van der Waals surface area contributed by atoms with Crippen LogP contribution < -0.4 is 14.8 Å². The molecule has 168 valence electrons. The van der Waals surface area contributed by atoms with E-state index in [9.17, 15) is 18.0 Å². The molecule has 0 unspecified atom stereocenters. The molecule has 0 radical (unpaired) electrons. The van der Waals surface area contributed by atoms with Gasteiger partial charge in [-0.3, -0.25) is 9.59 Å². The number of methoxy groups -OCH3 is 2. The third kappa shape index (κ3) is 5.65. The van der Waals surface area contributed by atoms with E-state index < -0.39 is 27.0 Å². The molecule has 0 spiro atoms. The molecule has 2 amide bonds. The van der Waals surface area contributed by atoms with Crippen molar-refractivity contribution in [1.82, 2.24) is 10.2 Å². The lowest BCUT2D eigenvalue weighted by molar-refractivity contribution is -0.135. The minimum atomic E-state index is -3.11. The first-order chi connectivity index (χ1) is 14.1. The highest BCUT2D eigenvalue weighted by Crippen LogP contribution is 2.23. The molecule has 8 nitrogen and oxygen atoms in total. The van der Waals surface area contributed by atoms with Crippen LogP contribution in [0.15, 0.2) is 18.2 Å². The van der Waals surface area contributed by atoms with E-state index in [1.165, 1.54) is 14.2 Å². The number of likely N-dealkylation sites (tertiary alicyclic amines) is 1. The normalized spacial score (nSPS) is 16.3. The summed E-state index contributed by atoms with van der Waals surface area (Å²) in [5, 5.41) is 2.43. The molecule has 30 heavy (non-hydrogen) atoms. The van der Waals surface area contributed by atoms with Gasteiger partial charge >= 0.3 is 0 Å². The molecule has 0 aromatic heterocycles. The Morgan fingerprint density at radius 1 is 1.10 bits per heavy atom. The number of amides is 2. The van der Waals surface area contributed by atoms with Crippen LogP contribution in [0, 0.1) is 5.92 Å². The van der Waals surface area contributed by atoms with Gasteiger partial charge in [-0.05, 0) is 30.9 Å². The lowest BCUT2D eigenvalue weighted by Crippen LogP contribution is -2.53. The Labute approximate surface area is 178 Å². The van der Waals surface area contributed by atoms with Crippen LogP contribution in [0.2, 0.25) is 0 Å². The van der Waals surface area contributed by atoms with Crippen LogP contribution in [0.25, 0.3) is 0 Å². The number of carbonyl (C=O) groups excluding carboxylic acids is 2. The van der Waals surface area contributed by atoms with Gasteiger partial charge in [0.2, 0.25) is 5.91 Å². The fourth-order valence-electron chi connectivity index (χ4n) is 3.54. The van der Waals surface area contributed by atoms with Crippen LogP contribution in [0.1, 0.15) is 44.0 Å². The molecule has 1 heterocycles. The number of hydrogen-bond acceptors (Lipinski definition) is 6. The molecule has 1 fully saturated rings. The molecule has 0 aliphatic carbocycles. The summed E-state index contributed by atoms with van der Waals surface area (Å²) in [6.45, 7) is 6.11. The maximum atomic E-state index is 13.1. The smallest absolute Gasteiger partial charge is 0.252 e. The zero-order valence-electron chi connectivity index (χ0n) is 18.3. The summed E-state index contributed by atoms with van der Waals surface area (Å²) >= 11 is 0. The lowest BCUT2D eigenvalue weighted by Gasteiger charge is -2.35. The summed E-state index contributed by atoms with van der Waals surface area (Å²) < 4.78 is 34.6. The molecule has 0 saturated carbocycles. The van der Waals surface area contributed by atoms with Crippen LogP contribution in [0.5, 0.6) is 11.5 Å². The Hall–Kier alpha value is -2.29. The van der Waals surface area contributed by atoms with Crippen molar-refractivity contribution in [2.75, 3.05) is 33.1 Å². The predicted molar refractivity (Wildman–Crippen MR) is 115 cm³/mol. The van der Waals surface area contributed by atoms with E-state index in [0.717, 1.165) is 0 Å². The van der Waals surface area contributed by atoms with Crippen LogP contribution in [-0.4, -0.2) is 69.5 Å². The predicted octanol–water partition coefficient (Wildman–Crippen LogP) is 1.88. The number of sulfone groups is 1.